The van der Waals surface area contributed by atoms with Crippen LogP contribution in [0.15, 0.2) is 22.7 Å². The third kappa shape index (κ3) is 4.74. The Bertz CT molecular complexity index is 422. The molecule has 2 N–H and O–H groups in total. The second kappa shape index (κ2) is 7.98. The molecule has 1 unspecified atom stereocenters. The summed E-state index contributed by atoms with van der Waals surface area (Å²) in [7, 11) is 1.72. The number of hydrogen-bond acceptors (Lipinski definition) is 4. The number of nitrogens with zero attached hydrogens (tertiary/aromatic N) is 1. The van der Waals surface area contributed by atoms with E-state index in [0.29, 0.717) is 18.4 Å². The lowest BCUT2D eigenvalue weighted by Gasteiger charge is -2.25. The standard InChI is InChI=1S/C15H23BrN2O2/c1-20-8-7-18(11-14-3-2-6-17-14)10-12-9-13(16)4-5-15(12)19/h4-5,9,14,17,19H,2-3,6-8,10-11H2,1H3. The monoisotopic (exact) mass is 342 g/mol. The van der Waals surface area contributed by atoms with Crippen LogP contribution in [0.25, 0.3) is 0 Å². The van der Waals surface area contributed by atoms with Gasteiger partial charge in [-0.15, -0.1) is 0 Å². The van der Waals surface area contributed by atoms with Gasteiger partial charge in [0.1, 0.15) is 5.75 Å². The van der Waals surface area contributed by atoms with Crippen molar-refractivity contribution in [2.24, 2.45) is 0 Å². The van der Waals surface area contributed by atoms with E-state index < -0.39 is 0 Å². The first-order valence-corrected chi connectivity index (χ1v) is 7.90. The third-order valence-electron chi connectivity index (χ3n) is 3.69. The van der Waals surface area contributed by atoms with E-state index in [1.807, 2.05) is 12.1 Å². The molecule has 0 radical (unpaired) electrons. The largest absolute Gasteiger partial charge is 0.508 e. The van der Waals surface area contributed by atoms with E-state index in [1.165, 1.54) is 12.8 Å². The average Bonchev–Trinajstić information content (AvgIpc) is 2.93. The number of nitrogens with one attached hydrogen (secondary N) is 1. The molecule has 0 amide bonds. The number of benzene rings is 1. The minimum Gasteiger partial charge on any atom is -0.508 e. The van der Waals surface area contributed by atoms with E-state index >= 15 is 0 Å². The van der Waals surface area contributed by atoms with Crippen molar-refractivity contribution in [1.82, 2.24) is 10.2 Å². The average molecular weight is 343 g/mol. The van der Waals surface area contributed by atoms with Crippen LogP contribution in [-0.4, -0.2) is 49.4 Å². The van der Waals surface area contributed by atoms with Gasteiger partial charge in [0.05, 0.1) is 6.61 Å². The molecule has 1 aromatic rings. The van der Waals surface area contributed by atoms with Crippen LogP contribution in [-0.2, 0) is 11.3 Å². The summed E-state index contributed by atoms with van der Waals surface area (Å²) in [5, 5.41) is 13.5. The lowest BCUT2D eigenvalue weighted by molar-refractivity contribution is 0.137. The number of aromatic hydroxyl groups is 1. The molecule has 1 aromatic carbocycles. The van der Waals surface area contributed by atoms with E-state index in [2.05, 4.69) is 26.1 Å². The van der Waals surface area contributed by atoms with Gasteiger partial charge in [0, 0.05) is 42.8 Å². The van der Waals surface area contributed by atoms with E-state index in [1.54, 1.807) is 13.2 Å². The van der Waals surface area contributed by atoms with Gasteiger partial charge < -0.3 is 15.2 Å². The highest BCUT2D eigenvalue weighted by molar-refractivity contribution is 9.10. The smallest absolute Gasteiger partial charge is 0.120 e. The molecule has 4 nitrogen and oxygen atoms in total. The Hall–Kier alpha value is -0.620. The molecule has 2 rings (SSSR count). The second-order valence-electron chi connectivity index (χ2n) is 5.29. The fraction of sp³-hybridized carbons (Fsp3) is 0.600. The summed E-state index contributed by atoms with van der Waals surface area (Å²) in [6, 6.07) is 6.14. The zero-order chi connectivity index (χ0) is 14.4. The van der Waals surface area contributed by atoms with Crippen LogP contribution < -0.4 is 5.32 Å². The highest BCUT2D eigenvalue weighted by Crippen LogP contribution is 2.23. The molecule has 1 fully saturated rings. The predicted molar refractivity (Wildman–Crippen MR) is 84.0 cm³/mol. The molecule has 1 saturated heterocycles. The van der Waals surface area contributed by atoms with Crippen LogP contribution in [0.3, 0.4) is 0 Å². The Kier molecular flexibility index (Phi) is 6.29. The number of hydrogen-bond donors (Lipinski definition) is 2. The summed E-state index contributed by atoms with van der Waals surface area (Å²) in [4.78, 5) is 2.34. The minimum atomic E-state index is 0.356. The summed E-state index contributed by atoms with van der Waals surface area (Å²) in [5.41, 5.74) is 0.952. The Balaban J connectivity index is 1.99. The highest BCUT2D eigenvalue weighted by atomic mass is 79.9. The Morgan fingerprint density at radius 3 is 3.05 bits per heavy atom. The van der Waals surface area contributed by atoms with Crippen LogP contribution in [0.2, 0.25) is 0 Å². The van der Waals surface area contributed by atoms with E-state index in [4.69, 9.17) is 4.74 Å². The SMILES string of the molecule is COCCN(Cc1cc(Br)ccc1O)CC1CCCN1. The molecule has 5 heteroatoms. The molecule has 20 heavy (non-hydrogen) atoms. The number of ether oxygens (including phenoxy) is 1. The summed E-state index contributed by atoms with van der Waals surface area (Å²) in [6.45, 7) is 4.44. The lowest BCUT2D eigenvalue weighted by Crippen LogP contribution is -2.38. The number of halogens is 1. The number of phenolic OH excluding ortho intramolecular Hbond substituents is 1. The van der Waals surface area contributed by atoms with Crippen molar-refractivity contribution >= 4 is 15.9 Å². The number of methoxy groups -OCH3 is 1. The van der Waals surface area contributed by atoms with E-state index in [0.717, 1.165) is 36.2 Å². The fourth-order valence-corrected chi connectivity index (χ4v) is 3.01. The van der Waals surface area contributed by atoms with E-state index in [-0.39, 0.29) is 0 Å². The quantitative estimate of drug-likeness (QED) is 0.798. The molecular formula is C15H23BrN2O2. The first-order valence-electron chi connectivity index (χ1n) is 7.11. The molecule has 1 aliphatic heterocycles. The molecular weight excluding hydrogens is 320 g/mol. The Labute approximate surface area is 129 Å². The summed E-state index contributed by atoms with van der Waals surface area (Å²) >= 11 is 3.46. The zero-order valence-electron chi connectivity index (χ0n) is 11.9. The second-order valence-corrected chi connectivity index (χ2v) is 6.21. The van der Waals surface area contributed by atoms with Crippen LogP contribution in [0.1, 0.15) is 18.4 Å². The van der Waals surface area contributed by atoms with Gasteiger partial charge in [0.25, 0.3) is 0 Å². The van der Waals surface area contributed by atoms with Crippen molar-refractivity contribution in [2.75, 3.05) is 33.4 Å². The molecule has 1 atom stereocenters. The molecule has 0 saturated carbocycles. The molecule has 0 bridgehead atoms. The van der Waals surface area contributed by atoms with Crippen molar-refractivity contribution < 1.29 is 9.84 Å². The maximum absolute atomic E-state index is 9.98. The van der Waals surface area contributed by atoms with Crippen LogP contribution in [0, 0.1) is 0 Å². The molecule has 0 aliphatic carbocycles. The maximum atomic E-state index is 9.98. The fourth-order valence-electron chi connectivity index (χ4n) is 2.60. The van der Waals surface area contributed by atoms with Gasteiger partial charge in [-0.05, 0) is 37.6 Å². The van der Waals surface area contributed by atoms with Gasteiger partial charge in [0.2, 0.25) is 0 Å². The topological polar surface area (TPSA) is 44.7 Å². The predicted octanol–water partition coefficient (Wildman–Crippen LogP) is 2.36. The van der Waals surface area contributed by atoms with Crippen molar-refractivity contribution in [3.05, 3.63) is 28.2 Å². The van der Waals surface area contributed by atoms with Crippen molar-refractivity contribution in [3.63, 3.8) is 0 Å². The molecule has 0 spiro atoms. The maximum Gasteiger partial charge on any atom is 0.120 e. The summed E-state index contributed by atoms with van der Waals surface area (Å²) in [6.07, 6.45) is 2.48. The third-order valence-corrected chi connectivity index (χ3v) is 4.18. The van der Waals surface area contributed by atoms with Crippen molar-refractivity contribution in [3.8, 4) is 5.75 Å². The molecule has 1 aliphatic rings. The van der Waals surface area contributed by atoms with Gasteiger partial charge in [-0.3, -0.25) is 4.90 Å². The van der Waals surface area contributed by atoms with Crippen LogP contribution >= 0.6 is 15.9 Å². The molecule has 0 aromatic heterocycles. The van der Waals surface area contributed by atoms with Crippen molar-refractivity contribution in [2.45, 2.75) is 25.4 Å². The van der Waals surface area contributed by atoms with Gasteiger partial charge in [-0.1, -0.05) is 15.9 Å². The van der Waals surface area contributed by atoms with Gasteiger partial charge in [-0.25, -0.2) is 0 Å². The van der Waals surface area contributed by atoms with Crippen molar-refractivity contribution in [1.29, 1.82) is 0 Å². The first-order chi connectivity index (χ1) is 9.69. The van der Waals surface area contributed by atoms with Crippen LogP contribution in [0.5, 0.6) is 5.75 Å². The van der Waals surface area contributed by atoms with Gasteiger partial charge >= 0.3 is 0 Å². The summed E-state index contributed by atoms with van der Waals surface area (Å²) in [5.74, 6) is 0.356. The minimum absolute atomic E-state index is 0.356. The lowest BCUT2D eigenvalue weighted by atomic mass is 10.1. The van der Waals surface area contributed by atoms with Crippen LogP contribution in [0.4, 0.5) is 0 Å². The first kappa shape index (κ1) is 15.8. The Morgan fingerprint density at radius 2 is 2.35 bits per heavy atom. The summed E-state index contributed by atoms with van der Waals surface area (Å²) < 4.78 is 6.19. The molecule has 1 heterocycles. The molecule has 112 valence electrons. The van der Waals surface area contributed by atoms with Gasteiger partial charge in [0.15, 0.2) is 0 Å². The number of rotatable bonds is 7. The zero-order valence-corrected chi connectivity index (χ0v) is 13.5. The van der Waals surface area contributed by atoms with E-state index in [9.17, 15) is 5.11 Å². The van der Waals surface area contributed by atoms with Gasteiger partial charge in [-0.2, -0.15) is 0 Å². The number of phenols is 1. The normalized spacial score (nSPS) is 18.9. The highest BCUT2D eigenvalue weighted by Gasteiger charge is 2.18. The Morgan fingerprint density at radius 1 is 1.50 bits per heavy atom.